The lowest BCUT2D eigenvalue weighted by Gasteiger charge is -2.18. The molecule has 2 heterocycles. The fourth-order valence-electron chi connectivity index (χ4n) is 3.32. The molecular weight excluding hydrogens is 524 g/mol. The van der Waals surface area contributed by atoms with Crippen molar-refractivity contribution in [2.24, 2.45) is 0 Å². The molecule has 1 amide bonds. The number of sulfonamides is 1. The van der Waals surface area contributed by atoms with Gasteiger partial charge >= 0.3 is 5.97 Å². The lowest BCUT2D eigenvalue weighted by atomic mass is 10.1. The van der Waals surface area contributed by atoms with E-state index in [9.17, 15) is 18.0 Å². The molecule has 0 radical (unpaired) electrons. The molecule has 194 valence electrons. The predicted molar refractivity (Wildman–Crippen MR) is 139 cm³/mol. The van der Waals surface area contributed by atoms with Gasteiger partial charge in [0.05, 0.1) is 22.8 Å². The van der Waals surface area contributed by atoms with E-state index < -0.39 is 16.0 Å². The van der Waals surface area contributed by atoms with Gasteiger partial charge in [-0.25, -0.2) is 13.2 Å². The van der Waals surface area contributed by atoms with Crippen LogP contribution in [0.2, 0.25) is 0 Å². The zero-order chi connectivity index (χ0) is 26.5. The topological polar surface area (TPSA) is 132 Å². The number of hydrogen-bond acceptors (Lipinski definition) is 10. The molecule has 36 heavy (non-hydrogen) atoms. The molecule has 3 rings (SSSR count). The van der Waals surface area contributed by atoms with Crippen molar-refractivity contribution >= 4 is 50.0 Å². The van der Waals surface area contributed by atoms with Gasteiger partial charge in [-0.05, 0) is 50.6 Å². The molecule has 1 aromatic carbocycles. The average Bonchev–Trinajstić information content (AvgIpc) is 3.43. The second-order valence-corrected chi connectivity index (χ2v) is 11.6. The first kappa shape index (κ1) is 27.8. The van der Waals surface area contributed by atoms with E-state index in [-0.39, 0.29) is 34.3 Å². The first-order valence-electron chi connectivity index (χ1n) is 11.3. The number of thiophene rings is 1. The Morgan fingerprint density at radius 3 is 2.39 bits per heavy atom. The van der Waals surface area contributed by atoms with Crippen LogP contribution in [0.4, 0.5) is 5.00 Å². The van der Waals surface area contributed by atoms with Gasteiger partial charge in [0.25, 0.3) is 5.22 Å². The fraction of sp³-hybridized carbons (Fsp3) is 0.391. The maximum absolute atomic E-state index is 12.6. The van der Waals surface area contributed by atoms with Crippen LogP contribution in [0, 0.1) is 13.8 Å². The Morgan fingerprint density at radius 1 is 1.11 bits per heavy atom. The first-order valence-corrected chi connectivity index (χ1v) is 14.5. The zero-order valence-electron chi connectivity index (χ0n) is 20.7. The van der Waals surface area contributed by atoms with Crippen LogP contribution < -0.4 is 5.32 Å². The van der Waals surface area contributed by atoms with Crippen molar-refractivity contribution in [1.29, 1.82) is 0 Å². The van der Waals surface area contributed by atoms with Crippen LogP contribution in [0.15, 0.2) is 38.8 Å². The molecule has 0 bridgehead atoms. The van der Waals surface area contributed by atoms with E-state index in [1.165, 1.54) is 27.8 Å². The molecule has 0 aliphatic rings. The summed E-state index contributed by atoms with van der Waals surface area (Å²) in [5.74, 6) is -0.614. The molecule has 0 aliphatic carbocycles. The van der Waals surface area contributed by atoms with Crippen molar-refractivity contribution in [3.63, 3.8) is 0 Å². The summed E-state index contributed by atoms with van der Waals surface area (Å²) in [6.45, 7) is 9.99. The highest BCUT2D eigenvalue weighted by Gasteiger charge is 2.23. The molecule has 13 heteroatoms. The fourth-order valence-corrected chi connectivity index (χ4v) is 6.41. The monoisotopic (exact) mass is 552 g/mol. The second kappa shape index (κ2) is 12.0. The van der Waals surface area contributed by atoms with E-state index in [1.807, 2.05) is 13.8 Å². The normalized spacial score (nSPS) is 11.6. The number of nitrogens with zero attached hydrogens (tertiary/aromatic N) is 3. The molecule has 0 fully saturated rings. The Balaban J connectivity index is 1.64. The van der Waals surface area contributed by atoms with E-state index in [0.29, 0.717) is 29.2 Å². The number of amides is 1. The minimum absolute atomic E-state index is 0.0130. The number of carbonyl (C=O) groups is 2. The molecule has 0 atom stereocenters. The first-order chi connectivity index (χ1) is 17.1. The van der Waals surface area contributed by atoms with Gasteiger partial charge in [-0.15, -0.1) is 21.5 Å². The molecule has 2 aromatic heterocycles. The summed E-state index contributed by atoms with van der Waals surface area (Å²) in [5.41, 5.74) is 1.70. The SMILES string of the molecule is CCOC(=O)c1c(NC(=O)CSc2nnc(-c3ccc(S(=O)(=O)N(CC)CC)cc3)o2)sc(C)c1C. The number of ether oxygens (including phenoxy) is 1. The number of aromatic nitrogens is 2. The van der Waals surface area contributed by atoms with Crippen molar-refractivity contribution in [1.82, 2.24) is 14.5 Å². The van der Waals surface area contributed by atoms with Crippen LogP contribution in [-0.2, 0) is 19.6 Å². The molecular formula is C23H28N4O6S3. The lowest BCUT2D eigenvalue weighted by Crippen LogP contribution is -2.30. The largest absolute Gasteiger partial charge is 0.462 e. The lowest BCUT2D eigenvalue weighted by molar-refractivity contribution is -0.113. The number of anilines is 1. The van der Waals surface area contributed by atoms with Gasteiger partial charge in [0.1, 0.15) is 5.00 Å². The molecule has 0 saturated carbocycles. The van der Waals surface area contributed by atoms with Crippen LogP contribution in [0.5, 0.6) is 0 Å². The third kappa shape index (κ3) is 6.14. The number of benzene rings is 1. The highest BCUT2D eigenvalue weighted by atomic mass is 32.2. The van der Waals surface area contributed by atoms with Crippen LogP contribution in [-0.4, -0.2) is 60.2 Å². The Kier molecular flexibility index (Phi) is 9.28. The predicted octanol–water partition coefficient (Wildman–Crippen LogP) is 4.35. The van der Waals surface area contributed by atoms with Crippen LogP contribution >= 0.6 is 23.1 Å². The minimum atomic E-state index is -3.56. The number of aryl methyl sites for hydroxylation is 1. The molecule has 3 aromatic rings. The molecule has 0 unspecified atom stereocenters. The Labute approximate surface area is 218 Å². The van der Waals surface area contributed by atoms with Crippen LogP contribution in [0.1, 0.15) is 41.6 Å². The minimum Gasteiger partial charge on any atom is -0.462 e. The standard InChI is InChI=1S/C23H28N4O6S3/c1-6-27(7-2)36(30,31)17-11-9-16(10-12-17)20-25-26-23(33-20)34-13-18(28)24-21-19(22(29)32-8-3)14(4)15(5)35-21/h9-12H,6-8,13H2,1-5H3,(H,24,28). The molecule has 1 N–H and O–H groups in total. The summed E-state index contributed by atoms with van der Waals surface area (Å²) >= 11 is 2.36. The summed E-state index contributed by atoms with van der Waals surface area (Å²) in [5, 5.41) is 11.3. The van der Waals surface area contributed by atoms with Gasteiger partial charge in [-0.1, -0.05) is 25.6 Å². The highest BCUT2D eigenvalue weighted by Crippen LogP contribution is 2.33. The van der Waals surface area contributed by atoms with Crippen molar-refractivity contribution < 1.29 is 27.2 Å². The summed E-state index contributed by atoms with van der Waals surface area (Å²) in [7, 11) is -3.56. The zero-order valence-corrected chi connectivity index (χ0v) is 23.1. The summed E-state index contributed by atoms with van der Waals surface area (Å²) < 4.78 is 37.4. The van der Waals surface area contributed by atoms with Crippen molar-refractivity contribution in [3.05, 3.63) is 40.3 Å². The van der Waals surface area contributed by atoms with Crippen LogP contribution in [0.3, 0.4) is 0 Å². The van der Waals surface area contributed by atoms with E-state index in [2.05, 4.69) is 15.5 Å². The number of thioether (sulfide) groups is 1. The van der Waals surface area contributed by atoms with Crippen molar-refractivity contribution in [2.45, 2.75) is 44.7 Å². The number of rotatable bonds is 11. The smallest absolute Gasteiger partial charge is 0.341 e. The van der Waals surface area contributed by atoms with Gasteiger partial charge in [0.2, 0.25) is 21.8 Å². The highest BCUT2D eigenvalue weighted by molar-refractivity contribution is 7.99. The van der Waals surface area contributed by atoms with Crippen molar-refractivity contribution in [3.8, 4) is 11.5 Å². The Bertz CT molecular complexity index is 1330. The van der Waals surface area contributed by atoms with E-state index >= 15 is 0 Å². The third-order valence-electron chi connectivity index (χ3n) is 5.30. The summed E-state index contributed by atoms with van der Waals surface area (Å²) in [4.78, 5) is 25.9. The number of esters is 1. The van der Waals surface area contributed by atoms with Gasteiger partial charge in [-0.2, -0.15) is 4.31 Å². The maximum Gasteiger partial charge on any atom is 0.341 e. The Hall–Kier alpha value is -2.74. The summed E-state index contributed by atoms with van der Waals surface area (Å²) in [6.07, 6.45) is 0. The molecule has 0 spiro atoms. The molecule has 0 aliphatic heterocycles. The number of carbonyl (C=O) groups excluding carboxylic acids is 2. The van der Waals surface area contributed by atoms with Gasteiger partial charge in [-0.3, -0.25) is 4.79 Å². The molecule has 10 nitrogen and oxygen atoms in total. The van der Waals surface area contributed by atoms with Gasteiger partial charge < -0.3 is 14.5 Å². The van der Waals surface area contributed by atoms with E-state index in [1.54, 1.807) is 32.9 Å². The Morgan fingerprint density at radius 2 is 1.78 bits per heavy atom. The van der Waals surface area contributed by atoms with Gasteiger partial charge in [0, 0.05) is 23.5 Å². The van der Waals surface area contributed by atoms with Gasteiger partial charge in [0.15, 0.2) is 0 Å². The van der Waals surface area contributed by atoms with E-state index in [4.69, 9.17) is 9.15 Å². The number of hydrogen-bond donors (Lipinski definition) is 1. The van der Waals surface area contributed by atoms with Crippen LogP contribution in [0.25, 0.3) is 11.5 Å². The summed E-state index contributed by atoms with van der Waals surface area (Å²) in [6, 6.07) is 6.20. The molecule has 0 saturated heterocycles. The quantitative estimate of drug-likeness (QED) is 0.272. The van der Waals surface area contributed by atoms with E-state index in [0.717, 1.165) is 22.2 Å². The average molecular weight is 553 g/mol. The second-order valence-electron chi connectivity index (χ2n) is 7.53. The maximum atomic E-state index is 12.6. The number of nitrogens with one attached hydrogen (secondary N) is 1. The van der Waals surface area contributed by atoms with Crippen molar-refractivity contribution in [2.75, 3.05) is 30.8 Å². The third-order valence-corrected chi connectivity index (χ3v) is 9.30.